The molecule has 3 heteroatoms. The average molecular weight is 288 g/mol. The zero-order valence-corrected chi connectivity index (χ0v) is 12.1. The first-order chi connectivity index (χ1) is 9.81. The number of rotatable bonds is 3. The lowest BCUT2D eigenvalue weighted by atomic mass is 10.1. The molecule has 2 aromatic rings. The fourth-order valence-corrected chi connectivity index (χ4v) is 2.69. The van der Waals surface area contributed by atoms with Crippen molar-refractivity contribution in [3.05, 3.63) is 70.7 Å². The zero-order chi connectivity index (χ0) is 13.8. The molecule has 2 aromatic carbocycles. The van der Waals surface area contributed by atoms with Gasteiger partial charge in [0.15, 0.2) is 0 Å². The Kier molecular flexibility index (Phi) is 4.36. The van der Waals surface area contributed by atoms with Crippen molar-refractivity contribution in [2.45, 2.75) is 12.6 Å². The van der Waals surface area contributed by atoms with Crippen molar-refractivity contribution in [1.29, 1.82) is 0 Å². The minimum atomic E-state index is 0.143. The second-order valence-corrected chi connectivity index (χ2v) is 5.57. The molecule has 1 unspecified atom stereocenters. The Hall–Kier alpha value is -1.35. The Morgan fingerprint density at radius 1 is 1.05 bits per heavy atom. The molecule has 1 aliphatic heterocycles. The normalized spacial score (nSPS) is 19.9. The van der Waals surface area contributed by atoms with Crippen molar-refractivity contribution in [3.8, 4) is 0 Å². The van der Waals surface area contributed by atoms with E-state index < -0.39 is 0 Å². The van der Waals surface area contributed by atoms with E-state index in [9.17, 15) is 0 Å². The molecule has 1 heterocycles. The molecule has 0 saturated carbocycles. The molecule has 3 rings (SSSR count). The Labute approximate surface area is 124 Å². The summed E-state index contributed by atoms with van der Waals surface area (Å²) in [6.07, 6.45) is 0.143. The summed E-state index contributed by atoms with van der Waals surface area (Å²) in [4.78, 5) is 2.44. The predicted molar refractivity (Wildman–Crippen MR) is 81.9 cm³/mol. The van der Waals surface area contributed by atoms with Crippen LogP contribution in [0.1, 0.15) is 17.2 Å². The van der Waals surface area contributed by atoms with E-state index in [0.717, 1.165) is 31.3 Å². The van der Waals surface area contributed by atoms with E-state index in [1.54, 1.807) is 0 Å². The molecule has 2 nitrogen and oxygen atoms in total. The lowest BCUT2D eigenvalue weighted by Gasteiger charge is -2.33. The number of hydrogen-bond donors (Lipinski definition) is 0. The van der Waals surface area contributed by atoms with Crippen molar-refractivity contribution in [3.63, 3.8) is 0 Å². The summed E-state index contributed by atoms with van der Waals surface area (Å²) in [5, 5.41) is 0.769. The standard InChI is InChI=1S/C17H18ClNO/c18-16-8-6-15(7-9-16)17-13-19(10-11-20-17)12-14-4-2-1-3-5-14/h1-9,17H,10-13H2. The highest BCUT2D eigenvalue weighted by Crippen LogP contribution is 2.24. The number of ether oxygens (including phenoxy) is 1. The number of hydrogen-bond acceptors (Lipinski definition) is 2. The molecule has 20 heavy (non-hydrogen) atoms. The summed E-state index contributed by atoms with van der Waals surface area (Å²) < 4.78 is 5.89. The van der Waals surface area contributed by atoms with Crippen LogP contribution in [0.15, 0.2) is 54.6 Å². The summed E-state index contributed by atoms with van der Waals surface area (Å²) in [6.45, 7) is 3.67. The third-order valence-corrected chi connectivity index (χ3v) is 3.89. The molecule has 0 radical (unpaired) electrons. The van der Waals surface area contributed by atoms with E-state index in [2.05, 4.69) is 47.4 Å². The van der Waals surface area contributed by atoms with E-state index in [1.807, 2.05) is 12.1 Å². The lowest BCUT2D eigenvalue weighted by molar-refractivity contribution is -0.0329. The largest absolute Gasteiger partial charge is 0.371 e. The van der Waals surface area contributed by atoms with Gasteiger partial charge in [-0.15, -0.1) is 0 Å². The molecule has 1 atom stereocenters. The molecule has 104 valence electrons. The summed E-state index contributed by atoms with van der Waals surface area (Å²) >= 11 is 5.94. The van der Waals surface area contributed by atoms with Gasteiger partial charge in [-0.05, 0) is 23.3 Å². The third-order valence-electron chi connectivity index (χ3n) is 3.64. The first-order valence-electron chi connectivity index (χ1n) is 6.94. The first kappa shape index (κ1) is 13.6. The number of morpholine rings is 1. The molecule has 0 spiro atoms. The van der Waals surface area contributed by atoms with Gasteiger partial charge < -0.3 is 4.74 Å². The van der Waals surface area contributed by atoms with Crippen molar-refractivity contribution in [2.75, 3.05) is 19.7 Å². The van der Waals surface area contributed by atoms with Crippen LogP contribution in [-0.2, 0) is 11.3 Å². The molecule has 0 aromatic heterocycles. The maximum Gasteiger partial charge on any atom is 0.0952 e. The van der Waals surface area contributed by atoms with Crippen LogP contribution in [0.2, 0.25) is 5.02 Å². The van der Waals surface area contributed by atoms with Gasteiger partial charge in [-0.3, -0.25) is 4.90 Å². The summed E-state index contributed by atoms with van der Waals surface area (Å²) in [7, 11) is 0. The highest BCUT2D eigenvalue weighted by Gasteiger charge is 2.21. The van der Waals surface area contributed by atoms with Crippen molar-refractivity contribution < 1.29 is 4.74 Å². The van der Waals surface area contributed by atoms with Crippen LogP contribution >= 0.6 is 11.6 Å². The van der Waals surface area contributed by atoms with E-state index >= 15 is 0 Å². The van der Waals surface area contributed by atoms with Gasteiger partial charge in [0.25, 0.3) is 0 Å². The zero-order valence-electron chi connectivity index (χ0n) is 11.3. The Morgan fingerprint density at radius 2 is 1.80 bits per heavy atom. The van der Waals surface area contributed by atoms with Crippen LogP contribution in [0.5, 0.6) is 0 Å². The molecule has 1 fully saturated rings. The molecular formula is C17H18ClNO. The van der Waals surface area contributed by atoms with E-state index in [0.29, 0.717) is 0 Å². The minimum Gasteiger partial charge on any atom is -0.371 e. The third kappa shape index (κ3) is 3.40. The minimum absolute atomic E-state index is 0.143. The fraction of sp³-hybridized carbons (Fsp3) is 0.294. The van der Waals surface area contributed by atoms with Gasteiger partial charge in [0.1, 0.15) is 0 Å². The van der Waals surface area contributed by atoms with E-state index in [1.165, 1.54) is 11.1 Å². The molecule has 0 aliphatic carbocycles. The molecule has 1 saturated heterocycles. The number of benzene rings is 2. The van der Waals surface area contributed by atoms with Gasteiger partial charge in [-0.2, -0.15) is 0 Å². The van der Waals surface area contributed by atoms with Crippen LogP contribution in [-0.4, -0.2) is 24.6 Å². The maximum atomic E-state index is 5.94. The van der Waals surface area contributed by atoms with Gasteiger partial charge in [-0.25, -0.2) is 0 Å². The predicted octanol–water partition coefficient (Wildman–Crippen LogP) is 3.91. The first-order valence-corrected chi connectivity index (χ1v) is 7.32. The Morgan fingerprint density at radius 3 is 2.55 bits per heavy atom. The van der Waals surface area contributed by atoms with E-state index in [4.69, 9.17) is 16.3 Å². The SMILES string of the molecule is Clc1ccc(C2CN(Cc3ccccc3)CCO2)cc1. The highest BCUT2D eigenvalue weighted by molar-refractivity contribution is 6.30. The van der Waals surface area contributed by atoms with Crippen LogP contribution in [0.3, 0.4) is 0 Å². The average Bonchev–Trinajstić information content (AvgIpc) is 2.49. The Balaban J connectivity index is 1.66. The second kappa shape index (κ2) is 6.40. The smallest absolute Gasteiger partial charge is 0.0952 e. The molecule has 0 amide bonds. The molecule has 0 bridgehead atoms. The van der Waals surface area contributed by atoms with Crippen LogP contribution in [0.4, 0.5) is 0 Å². The van der Waals surface area contributed by atoms with Crippen molar-refractivity contribution in [2.24, 2.45) is 0 Å². The Bertz CT molecular complexity index is 541. The molecule has 1 aliphatic rings. The van der Waals surface area contributed by atoms with Gasteiger partial charge in [0, 0.05) is 24.7 Å². The molecule has 0 N–H and O–H groups in total. The summed E-state index contributed by atoms with van der Waals surface area (Å²) in [5.74, 6) is 0. The summed E-state index contributed by atoms with van der Waals surface area (Å²) in [6, 6.07) is 18.5. The van der Waals surface area contributed by atoms with E-state index in [-0.39, 0.29) is 6.10 Å². The maximum absolute atomic E-state index is 5.94. The highest BCUT2D eigenvalue weighted by atomic mass is 35.5. The quantitative estimate of drug-likeness (QED) is 0.848. The lowest BCUT2D eigenvalue weighted by Crippen LogP contribution is -2.37. The molecular weight excluding hydrogens is 270 g/mol. The van der Waals surface area contributed by atoms with Crippen molar-refractivity contribution >= 4 is 11.6 Å². The van der Waals surface area contributed by atoms with Crippen LogP contribution < -0.4 is 0 Å². The number of nitrogens with zero attached hydrogens (tertiary/aromatic N) is 1. The van der Waals surface area contributed by atoms with Crippen LogP contribution in [0.25, 0.3) is 0 Å². The van der Waals surface area contributed by atoms with Gasteiger partial charge in [-0.1, -0.05) is 54.1 Å². The topological polar surface area (TPSA) is 12.5 Å². The monoisotopic (exact) mass is 287 g/mol. The number of halogens is 1. The van der Waals surface area contributed by atoms with Crippen LogP contribution in [0, 0.1) is 0 Å². The fourth-order valence-electron chi connectivity index (χ4n) is 2.57. The van der Waals surface area contributed by atoms with Crippen molar-refractivity contribution in [1.82, 2.24) is 4.90 Å². The van der Waals surface area contributed by atoms with Gasteiger partial charge >= 0.3 is 0 Å². The van der Waals surface area contributed by atoms with Gasteiger partial charge in [0.05, 0.1) is 12.7 Å². The summed E-state index contributed by atoms with van der Waals surface area (Å²) in [5.41, 5.74) is 2.55. The van der Waals surface area contributed by atoms with Gasteiger partial charge in [0.2, 0.25) is 0 Å². The second-order valence-electron chi connectivity index (χ2n) is 5.13.